The highest BCUT2D eigenvalue weighted by atomic mass is 32.1. The second-order valence-electron chi connectivity index (χ2n) is 7.11. The van der Waals surface area contributed by atoms with Crippen LogP contribution in [0.25, 0.3) is 11.7 Å². The number of piperidine rings is 1. The van der Waals surface area contributed by atoms with E-state index in [1.54, 1.807) is 12.1 Å². The van der Waals surface area contributed by atoms with Crippen molar-refractivity contribution >= 4 is 28.3 Å². The molecule has 4 heterocycles. The van der Waals surface area contributed by atoms with Crippen molar-refractivity contribution in [1.29, 1.82) is 5.26 Å². The molecule has 1 aliphatic heterocycles. The maximum absolute atomic E-state index is 12.6. The van der Waals surface area contributed by atoms with E-state index in [0.717, 1.165) is 5.01 Å². The lowest BCUT2D eigenvalue weighted by Gasteiger charge is -2.30. The van der Waals surface area contributed by atoms with E-state index in [9.17, 15) is 10.1 Å². The zero-order valence-electron chi connectivity index (χ0n) is 16.1. The molecule has 1 amide bonds. The van der Waals surface area contributed by atoms with Gasteiger partial charge in [0.15, 0.2) is 5.76 Å². The number of nitrogens with one attached hydrogen (secondary N) is 1. The monoisotopic (exact) mass is 412 g/mol. The lowest BCUT2D eigenvalue weighted by Crippen LogP contribution is -2.38. The van der Waals surface area contributed by atoms with Crippen molar-refractivity contribution in [2.75, 3.05) is 23.3 Å². The minimum absolute atomic E-state index is 0.0505. The fourth-order valence-electron chi connectivity index (χ4n) is 3.18. The fraction of sp³-hybridized carbons (Fsp3) is 0.421. The van der Waals surface area contributed by atoms with Crippen LogP contribution in [0.2, 0.25) is 0 Å². The van der Waals surface area contributed by atoms with Gasteiger partial charge < -0.3 is 19.1 Å². The molecule has 1 aliphatic rings. The van der Waals surface area contributed by atoms with Gasteiger partial charge in [-0.25, -0.2) is 0 Å². The molecule has 0 aromatic carbocycles. The summed E-state index contributed by atoms with van der Waals surface area (Å²) >= 11 is 1.40. The largest absolute Gasteiger partial charge is 0.459 e. The number of furan rings is 1. The first kappa shape index (κ1) is 19.1. The third-order valence-electron chi connectivity index (χ3n) is 4.76. The van der Waals surface area contributed by atoms with Gasteiger partial charge in [-0.2, -0.15) is 10.2 Å². The number of hydrogen-bond acceptors (Lipinski definition) is 9. The van der Waals surface area contributed by atoms with Gasteiger partial charge in [0.1, 0.15) is 11.1 Å². The van der Waals surface area contributed by atoms with Crippen molar-refractivity contribution in [1.82, 2.24) is 15.2 Å². The molecule has 0 aliphatic carbocycles. The summed E-state index contributed by atoms with van der Waals surface area (Å²) in [4.78, 5) is 18.7. The molecule has 0 atom stereocenters. The predicted octanol–water partition coefficient (Wildman–Crippen LogP) is 3.64. The maximum atomic E-state index is 12.6. The maximum Gasteiger partial charge on any atom is 0.266 e. The van der Waals surface area contributed by atoms with Crippen LogP contribution in [0.15, 0.2) is 27.2 Å². The molecule has 1 fully saturated rings. The Labute approximate surface area is 171 Å². The number of amides is 1. The van der Waals surface area contributed by atoms with Crippen molar-refractivity contribution in [3.63, 3.8) is 0 Å². The van der Waals surface area contributed by atoms with E-state index in [0.29, 0.717) is 42.7 Å². The molecule has 150 valence electrons. The van der Waals surface area contributed by atoms with Gasteiger partial charge in [-0.3, -0.25) is 4.79 Å². The highest BCUT2D eigenvalue weighted by Crippen LogP contribution is 2.32. The van der Waals surface area contributed by atoms with Crippen molar-refractivity contribution < 1.29 is 13.6 Å². The van der Waals surface area contributed by atoms with E-state index < -0.39 is 0 Å². The molecule has 10 heteroatoms. The first-order valence-electron chi connectivity index (χ1n) is 9.39. The Morgan fingerprint density at radius 2 is 2.17 bits per heavy atom. The van der Waals surface area contributed by atoms with E-state index in [-0.39, 0.29) is 29.3 Å². The topological polar surface area (TPSA) is 121 Å². The molecule has 29 heavy (non-hydrogen) atoms. The molecule has 4 rings (SSSR count). The smallest absolute Gasteiger partial charge is 0.266 e. The van der Waals surface area contributed by atoms with Gasteiger partial charge >= 0.3 is 0 Å². The second-order valence-corrected chi connectivity index (χ2v) is 8.12. The Morgan fingerprint density at radius 1 is 1.38 bits per heavy atom. The molecular weight excluding hydrogens is 392 g/mol. The predicted molar refractivity (Wildman–Crippen MR) is 106 cm³/mol. The summed E-state index contributed by atoms with van der Waals surface area (Å²) < 4.78 is 11.1. The minimum Gasteiger partial charge on any atom is -0.459 e. The Hall–Kier alpha value is -3.19. The van der Waals surface area contributed by atoms with Gasteiger partial charge in [0, 0.05) is 24.9 Å². The molecule has 0 saturated carbocycles. The van der Waals surface area contributed by atoms with Crippen LogP contribution in [-0.2, 0) is 4.79 Å². The van der Waals surface area contributed by atoms with Gasteiger partial charge in [-0.05, 0) is 25.0 Å². The summed E-state index contributed by atoms with van der Waals surface area (Å²) in [5, 5.41) is 21.8. The summed E-state index contributed by atoms with van der Waals surface area (Å²) in [7, 11) is 0. The highest BCUT2D eigenvalue weighted by Gasteiger charge is 2.29. The Kier molecular flexibility index (Phi) is 5.31. The third kappa shape index (κ3) is 4.00. The number of carbonyl (C=O) groups excluding carboxylic acids is 1. The first-order valence-corrected chi connectivity index (χ1v) is 10.2. The molecule has 1 saturated heterocycles. The molecule has 0 spiro atoms. The highest BCUT2D eigenvalue weighted by molar-refractivity contribution is 7.15. The van der Waals surface area contributed by atoms with Gasteiger partial charge in [0.2, 0.25) is 22.6 Å². The molecule has 3 aromatic rings. The quantitative estimate of drug-likeness (QED) is 0.674. The third-order valence-corrected chi connectivity index (χ3v) is 5.90. The van der Waals surface area contributed by atoms with Gasteiger partial charge in [0.05, 0.1) is 6.26 Å². The normalized spacial score (nSPS) is 14.9. The van der Waals surface area contributed by atoms with Gasteiger partial charge in [0.25, 0.3) is 5.89 Å². The standard InChI is InChI=1S/C19H20N6O3S/c1-11(2)17-23-24-19(29-17)22-15(26)12-5-7-25(8-6-12)18-13(10-20)21-16(28-18)14-4-3-9-27-14/h3-4,9,11-12H,5-8H2,1-2H3,(H,22,24,26). The van der Waals surface area contributed by atoms with Crippen molar-refractivity contribution in [2.45, 2.75) is 32.6 Å². The number of hydrogen-bond donors (Lipinski definition) is 1. The average Bonchev–Trinajstić information content (AvgIpc) is 3.47. The number of aromatic nitrogens is 3. The lowest BCUT2D eigenvalue weighted by atomic mass is 9.96. The molecule has 0 radical (unpaired) electrons. The van der Waals surface area contributed by atoms with E-state index in [4.69, 9.17) is 8.83 Å². The Balaban J connectivity index is 1.39. The van der Waals surface area contributed by atoms with Crippen LogP contribution in [0.5, 0.6) is 0 Å². The summed E-state index contributed by atoms with van der Waals surface area (Å²) in [6, 6.07) is 5.53. The number of carbonyl (C=O) groups is 1. The molecule has 1 N–H and O–H groups in total. The summed E-state index contributed by atoms with van der Waals surface area (Å²) in [5.41, 5.74) is 0.217. The Morgan fingerprint density at radius 3 is 2.79 bits per heavy atom. The van der Waals surface area contributed by atoms with Crippen LogP contribution < -0.4 is 10.2 Å². The van der Waals surface area contributed by atoms with E-state index >= 15 is 0 Å². The van der Waals surface area contributed by atoms with Crippen LogP contribution in [0, 0.1) is 17.2 Å². The molecule has 9 nitrogen and oxygen atoms in total. The molecule has 0 bridgehead atoms. The van der Waals surface area contributed by atoms with E-state index in [1.807, 2.05) is 18.7 Å². The van der Waals surface area contributed by atoms with Crippen molar-refractivity contribution in [3.05, 3.63) is 29.1 Å². The summed E-state index contributed by atoms with van der Waals surface area (Å²) in [6.07, 6.45) is 2.81. The zero-order chi connectivity index (χ0) is 20.4. The number of nitriles is 1. The minimum atomic E-state index is -0.129. The second kappa shape index (κ2) is 8.05. The van der Waals surface area contributed by atoms with Gasteiger partial charge in [-0.1, -0.05) is 25.2 Å². The summed E-state index contributed by atoms with van der Waals surface area (Å²) in [5.74, 6) is 1.27. The van der Waals surface area contributed by atoms with Crippen LogP contribution in [0.3, 0.4) is 0 Å². The molecular formula is C19H20N6O3S. The Bertz CT molecular complexity index is 1020. The van der Waals surface area contributed by atoms with E-state index in [2.05, 4.69) is 26.6 Å². The SMILES string of the molecule is CC(C)c1nnc(NC(=O)C2CCN(c3oc(-c4ccco4)nc3C#N)CC2)s1. The first-order chi connectivity index (χ1) is 14.0. The zero-order valence-corrected chi connectivity index (χ0v) is 16.9. The number of anilines is 2. The number of nitrogens with zero attached hydrogens (tertiary/aromatic N) is 5. The number of rotatable bonds is 5. The van der Waals surface area contributed by atoms with Crippen LogP contribution in [0.4, 0.5) is 11.0 Å². The fourth-order valence-corrected chi connectivity index (χ4v) is 3.92. The van der Waals surface area contributed by atoms with Crippen molar-refractivity contribution in [3.8, 4) is 17.7 Å². The average molecular weight is 412 g/mol. The van der Waals surface area contributed by atoms with Crippen LogP contribution in [-0.4, -0.2) is 34.2 Å². The van der Waals surface area contributed by atoms with Crippen LogP contribution >= 0.6 is 11.3 Å². The van der Waals surface area contributed by atoms with Gasteiger partial charge in [-0.15, -0.1) is 10.2 Å². The molecule has 3 aromatic heterocycles. The van der Waals surface area contributed by atoms with Crippen molar-refractivity contribution in [2.24, 2.45) is 5.92 Å². The summed E-state index contributed by atoms with van der Waals surface area (Å²) in [6.45, 7) is 5.26. The van der Waals surface area contributed by atoms with Crippen LogP contribution in [0.1, 0.15) is 43.3 Å². The van der Waals surface area contributed by atoms with E-state index in [1.165, 1.54) is 17.6 Å². The lowest BCUT2D eigenvalue weighted by molar-refractivity contribution is -0.120. The number of oxazole rings is 1. The molecule has 0 unspecified atom stereocenters.